The third kappa shape index (κ3) is 4.37. The summed E-state index contributed by atoms with van der Waals surface area (Å²) in [6.07, 6.45) is -0.705. The number of hydrogen-bond acceptors (Lipinski definition) is 9. The van der Waals surface area contributed by atoms with Gasteiger partial charge in [0.1, 0.15) is 10.8 Å². The van der Waals surface area contributed by atoms with Gasteiger partial charge in [0.15, 0.2) is 5.54 Å². The maximum atomic E-state index is 11.5. The van der Waals surface area contributed by atoms with E-state index in [1.165, 1.54) is 11.8 Å². The highest BCUT2D eigenvalue weighted by molar-refractivity contribution is 8.15. The number of para-hydroxylation sites is 1. The number of aliphatic carboxylic acids is 1. The zero-order valence-electron chi connectivity index (χ0n) is 17.6. The molecule has 0 amide bonds. The number of aliphatic hydroxyl groups excluding tert-OH is 1. The summed E-state index contributed by atoms with van der Waals surface area (Å²) in [6.45, 7) is 5.47. The van der Waals surface area contributed by atoms with Gasteiger partial charge in [-0.25, -0.2) is 4.79 Å². The molecule has 0 spiro atoms. The Bertz CT molecular complexity index is 938. The van der Waals surface area contributed by atoms with Crippen LogP contribution in [0.5, 0.6) is 5.75 Å². The molecule has 5 atom stereocenters. The number of nitrogens with one attached hydrogen (secondary N) is 1. The lowest BCUT2D eigenvalue weighted by molar-refractivity contribution is -0.141. The van der Waals surface area contributed by atoms with E-state index in [0.717, 1.165) is 22.1 Å². The van der Waals surface area contributed by atoms with Gasteiger partial charge in [0.05, 0.1) is 22.6 Å². The smallest absolute Gasteiger partial charge is 0.332 e. The topological polar surface area (TPSA) is 115 Å². The van der Waals surface area contributed by atoms with Gasteiger partial charge in [-0.3, -0.25) is 15.3 Å². The van der Waals surface area contributed by atoms with Crippen LogP contribution in [0, 0.1) is 5.41 Å². The number of carbonyl (C=O) groups is 1. The van der Waals surface area contributed by atoms with Gasteiger partial charge in [0, 0.05) is 34.3 Å². The monoisotopic (exact) mass is 481 g/mol. The van der Waals surface area contributed by atoms with Crippen LogP contribution in [0.3, 0.4) is 0 Å². The molecule has 1 fully saturated rings. The summed E-state index contributed by atoms with van der Waals surface area (Å²) in [5, 5.41) is 35.9. The van der Waals surface area contributed by atoms with E-state index in [4.69, 9.17) is 4.99 Å². The van der Waals surface area contributed by atoms with Crippen LogP contribution in [0.15, 0.2) is 34.3 Å². The van der Waals surface area contributed by atoms with Crippen molar-refractivity contribution in [2.24, 2.45) is 15.4 Å². The molecule has 4 rings (SSSR count). The predicted molar refractivity (Wildman–Crippen MR) is 130 cm³/mol. The number of benzene rings is 1. The summed E-state index contributed by atoms with van der Waals surface area (Å²) in [5.41, 5.74) is -1.03. The lowest BCUT2D eigenvalue weighted by atomic mass is 9.83. The molecule has 3 aliphatic rings. The molecule has 0 bridgehead atoms. The Morgan fingerprint density at radius 2 is 2.03 bits per heavy atom. The first-order valence-corrected chi connectivity index (χ1v) is 13.1. The number of aliphatic hydroxyl groups is 1. The van der Waals surface area contributed by atoms with E-state index < -0.39 is 23.0 Å². The van der Waals surface area contributed by atoms with Gasteiger partial charge in [-0.1, -0.05) is 26.0 Å². The van der Waals surface area contributed by atoms with Crippen molar-refractivity contribution < 1.29 is 20.1 Å². The molecule has 0 aliphatic carbocycles. The molecule has 0 aromatic heterocycles. The van der Waals surface area contributed by atoms with E-state index in [-0.39, 0.29) is 23.2 Å². The Hall–Kier alpha value is -1.20. The number of thioether (sulfide) groups is 3. The van der Waals surface area contributed by atoms with Gasteiger partial charge in [-0.15, -0.1) is 35.3 Å². The normalized spacial score (nSPS) is 32.1. The van der Waals surface area contributed by atoms with Crippen LogP contribution in [0.4, 0.5) is 0 Å². The number of phenols is 1. The number of carboxylic acid groups (broad SMARTS) is 1. The minimum Gasteiger partial charge on any atom is -0.507 e. The van der Waals surface area contributed by atoms with E-state index in [0.29, 0.717) is 10.8 Å². The number of carboxylic acids is 1. The summed E-state index contributed by atoms with van der Waals surface area (Å²) >= 11 is 4.81. The molecule has 3 aliphatic heterocycles. The van der Waals surface area contributed by atoms with Crippen molar-refractivity contribution in [3.8, 4) is 5.75 Å². The van der Waals surface area contributed by atoms with Gasteiger partial charge in [-0.05, 0) is 19.1 Å². The summed E-state index contributed by atoms with van der Waals surface area (Å²) in [7, 11) is 0. The Labute approximate surface area is 194 Å². The highest BCUT2D eigenvalue weighted by Crippen LogP contribution is 2.41. The maximum Gasteiger partial charge on any atom is 0.332 e. The SMILES string of the molecule is CC(C)(C1=N[C@@](C)(C(=O)O)CS1)[C@H](O)[C@H]1CS[C@@H]([C@H]2CSC(c3ccccc3O)=N2)N1. The highest BCUT2D eigenvalue weighted by atomic mass is 32.2. The largest absolute Gasteiger partial charge is 0.507 e. The maximum absolute atomic E-state index is 11.5. The van der Waals surface area contributed by atoms with E-state index >= 15 is 0 Å². The van der Waals surface area contributed by atoms with Crippen LogP contribution in [0.1, 0.15) is 26.3 Å². The Kier molecular flexibility index (Phi) is 6.39. The van der Waals surface area contributed by atoms with E-state index in [2.05, 4.69) is 10.3 Å². The first-order chi connectivity index (χ1) is 14.6. The molecular weight excluding hydrogens is 454 g/mol. The molecular formula is C21H27N3O4S3. The third-order valence-corrected chi connectivity index (χ3v) is 10.0. The van der Waals surface area contributed by atoms with E-state index in [9.17, 15) is 20.1 Å². The molecule has 0 unspecified atom stereocenters. The fourth-order valence-electron chi connectivity index (χ4n) is 3.83. The van der Waals surface area contributed by atoms with Crippen LogP contribution >= 0.6 is 35.3 Å². The van der Waals surface area contributed by atoms with Gasteiger partial charge in [-0.2, -0.15) is 0 Å². The molecule has 3 heterocycles. The van der Waals surface area contributed by atoms with Crippen LogP contribution in [0.25, 0.3) is 0 Å². The second-order valence-electron chi connectivity index (χ2n) is 8.81. The molecule has 168 valence electrons. The minimum absolute atomic E-state index is 0.0541. The first kappa shape index (κ1) is 23.0. The fraction of sp³-hybridized carbons (Fsp3) is 0.571. The number of rotatable bonds is 6. The molecule has 0 radical (unpaired) electrons. The zero-order valence-corrected chi connectivity index (χ0v) is 20.1. The van der Waals surface area contributed by atoms with Crippen LogP contribution in [-0.4, -0.2) is 77.7 Å². The first-order valence-electron chi connectivity index (χ1n) is 10.1. The van der Waals surface area contributed by atoms with Crippen LogP contribution in [0.2, 0.25) is 0 Å². The molecule has 0 saturated carbocycles. The van der Waals surface area contributed by atoms with Crippen molar-refractivity contribution >= 4 is 51.3 Å². The quantitative estimate of drug-likeness (QED) is 0.490. The van der Waals surface area contributed by atoms with Crippen molar-refractivity contribution in [3.63, 3.8) is 0 Å². The summed E-state index contributed by atoms with van der Waals surface area (Å²) in [5.74, 6) is 1.24. The van der Waals surface area contributed by atoms with Crippen molar-refractivity contribution in [2.45, 2.75) is 49.9 Å². The standard InChI is InChI=1S/C21H27N3O4S3/c1-20(2,18-24-21(3,10-31-18)19(27)28)15(26)12-8-30-17(22-12)13-9-29-16(23-13)11-6-4-5-7-14(11)25/h4-7,12-13,15,17,22,25-26H,8-10H2,1-3H3,(H,27,28)/t12-,13-,15-,17+,21-/m1/s1. The second-order valence-corrected chi connectivity index (χ2v) is 12.0. The second kappa shape index (κ2) is 8.62. The van der Waals surface area contributed by atoms with Crippen molar-refractivity contribution in [1.82, 2.24) is 5.32 Å². The fourth-order valence-corrected chi connectivity index (χ4v) is 7.80. The summed E-state index contributed by atoms with van der Waals surface area (Å²) < 4.78 is 0. The molecule has 1 aromatic carbocycles. The lowest BCUT2D eigenvalue weighted by Crippen LogP contribution is -2.51. The number of phenolic OH excluding ortho intramolecular Hbond substituents is 1. The molecule has 10 heteroatoms. The number of nitrogens with zero attached hydrogens (tertiary/aromatic N) is 2. The van der Waals surface area contributed by atoms with Crippen LogP contribution in [-0.2, 0) is 4.79 Å². The third-order valence-electron chi connectivity index (χ3n) is 5.96. The zero-order chi connectivity index (χ0) is 22.4. The highest BCUT2D eigenvalue weighted by Gasteiger charge is 2.48. The van der Waals surface area contributed by atoms with Gasteiger partial charge < -0.3 is 15.3 Å². The Morgan fingerprint density at radius 3 is 2.71 bits per heavy atom. The molecule has 1 aromatic rings. The van der Waals surface area contributed by atoms with Crippen molar-refractivity contribution in [3.05, 3.63) is 29.8 Å². The van der Waals surface area contributed by atoms with E-state index in [1.807, 2.05) is 26.0 Å². The minimum atomic E-state index is -1.13. The average molecular weight is 482 g/mol. The van der Waals surface area contributed by atoms with Gasteiger partial charge >= 0.3 is 5.97 Å². The Balaban J connectivity index is 1.43. The molecule has 4 N–H and O–H groups in total. The van der Waals surface area contributed by atoms with Gasteiger partial charge in [0.25, 0.3) is 0 Å². The van der Waals surface area contributed by atoms with Crippen molar-refractivity contribution in [2.75, 3.05) is 17.3 Å². The summed E-state index contributed by atoms with van der Waals surface area (Å²) in [6, 6.07) is 7.14. The predicted octanol–water partition coefficient (Wildman–Crippen LogP) is 2.66. The van der Waals surface area contributed by atoms with Crippen molar-refractivity contribution in [1.29, 1.82) is 0 Å². The van der Waals surface area contributed by atoms with E-state index in [1.54, 1.807) is 42.6 Å². The number of aliphatic imine (C=N–C) groups is 2. The Morgan fingerprint density at radius 1 is 1.29 bits per heavy atom. The lowest BCUT2D eigenvalue weighted by Gasteiger charge is -2.34. The average Bonchev–Trinajstić information content (AvgIpc) is 3.47. The van der Waals surface area contributed by atoms with Gasteiger partial charge in [0.2, 0.25) is 0 Å². The number of aromatic hydroxyl groups is 1. The number of hydrogen-bond donors (Lipinski definition) is 4. The molecule has 7 nitrogen and oxygen atoms in total. The van der Waals surface area contributed by atoms with Crippen LogP contribution < -0.4 is 5.32 Å². The molecule has 1 saturated heterocycles. The molecule has 31 heavy (non-hydrogen) atoms. The summed E-state index contributed by atoms with van der Waals surface area (Å²) in [4.78, 5) is 20.8.